The molecule has 0 radical (unpaired) electrons. The molecule has 0 unspecified atom stereocenters. The van der Waals surface area contributed by atoms with Crippen molar-refractivity contribution in [1.29, 1.82) is 0 Å². The van der Waals surface area contributed by atoms with Crippen LogP contribution in [-0.4, -0.2) is 14.2 Å². The first-order valence-electron chi connectivity index (χ1n) is 10.4. The van der Waals surface area contributed by atoms with E-state index < -0.39 is 0 Å². The fraction of sp³-hybridized carbons (Fsp3) is 0.143. The molecule has 4 aromatic carbocycles. The zero-order valence-electron chi connectivity index (χ0n) is 18.4. The molecule has 0 fully saturated rings. The predicted octanol–water partition coefficient (Wildman–Crippen LogP) is 6.28. The molecule has 0 saturated carbocycles. The molecule has 31 heavy (non-hydrogen) atoms. The van der Waals surface area contributed by atoms with Gasteiger partial charge in [-0.25, -0.2) is 0 Å². The van der Waals surface area contributed by atoms with Crippen LogP contribution in [0, 0.1) is 13.8 Å². The molecular formula is C28H27O2P. The van der Waals surface area contributed by atoms with Crippen molar-refractivity contribution in [3.8, 4) is 33.8 Å². The number of ether oxygens (including phenoxy) is 2. The average molecular weight is 426 g/mol. The Morgan fingerprint density at radius 3 is 1.35 bits per heavy atom. The van der Waals surface area contributed by atoms with E-state index >= 15 is 0 Å². The number of hydrogen-bond acceptors (Lipinski definition) is 2. The van der Waals surface area contributed by atoms with Crippen molar-refractivity contribution in [2.45, 2.75) is 13.8 Å². The fourth-order valence-corrected chi connectivity index (χ4v) is 5.41. The second kappa shape index (κ2) is 9.37. The second-order valence-electron chi connectivity index (χ2n) is 7.52. The van der Waals surface area contributed by atoms with Gasteiger partial charge in [0.1, 0.15) is 11.5 Å². The minimum Gasteiger partial charge on any atom is -0.496 e. The molecule has 156 valence electrons. The Morgan fingerprint density at radius 1 is 0.516 bits per heavy atom. The van der Waals surface area contributed by atoms with Gasteiger partial charge in [-0.3, -0.25) is 0 Å². The highest BCUT2D eigenvalue weighted by Crippen LogP contribution is 2.37. The van der Waals surface area contributed by atoms with Gasteiger partial charge < -0.3 is 9.47 Å². The van der Waals surface area contributed by atoms with Gasteiger partial charge in [0.15, 0.2) is 0 Å². The highest BCUT2D eigenvalue weighted by Gasteiger charge is 2.16. The summed E-state index contributed by atoms with van der Waals surface area (Å²) in [7, 11) is 3.98. The van der Waals surface area contributed by atoms with Crippen molar-refractivity contribution in [1.82, 2.24) is 0 Å². The third-order valence-corrected chi connectivity index (χ3v) is 6.98. The Labute approximate surface area is 186 Å². The van der Waals surface area contributed by atoms with E-state index in [1.807, 2.05) is 24.3 Å². The molecule has 0 N–H and O–H groups in total. The van der Waals surface area contributed by atoms with Crippen molar-refractivity contribution in [2.24, 2.45) is 0 Å². The largest absolute Gasteiger partial charge is 0.496 e. The summed E-state index contributed by atoms with van der Waals surface area (Å²) in [5, 5.41) is 2.60. The maximum absolute atomic E-state index is 5.71. The Bertz CT molecular complexity index is 1120. The molecule has 0 aliphatic carbocycles. The molecule has 3 heteroatoms. The third kappa shape index (κ3) is 4.22. The molecule has 0 heterocycles. The van der Waals surface area contributed by atoms with Crippen LogP contribution in [0.25, 0.3) is 22.3 Å². The maximum atomic E-state index is 5.71. The molecule has 0 aromatic heterocycles. The van der Waals surface area contributed by atoms with E-state index in [9.17, 15) is 0 Å². The predicted molar refractivity (Wildman–Crippen MR) is 134 cm³/mol. The van der Waals surface area contributed by atoms with Crippen LogP contribution in [0.15, 0.2) is 84.9 Å². The Hall–Kier alpha value is -3.09. The molecule has 0 atom stereocenters. The van der Waals surface area contributed by atoms with Gasteiger partial charge in [-0.1, -0.05) is 81.4 Å². The quantitative estimate of drug-likeness (QED) is 0.338. The van der Waals surface area contributed by atoms with Crippen molar-refractivity contribution in [3.63, 3.8) is 0 Å². The van der Waals surface area contributed by atoms with E-state index in [0.717, 1.165) is 11.5 Å². The molecule has 0 amide bonds. The first-order chi connectivity index (χ1) is 15.1. The second-order valence-corrected chi connectivity index (χ2v) is 8.85. The molecule has 0 aliphatic heterocycles. The molecule has 0 bridgehead atoms. The lowest BCUT2D eigenvalue weighted by molar-refractivity contribution is 0.416. The van der Waals surface area contributed by atoms with Crippen LogP contribution < -0.4 is 20.1 Å². The van der Waals surface area contributed by atoms with Crippen LogP contribution >= 0.6 is 8.58 Å². The molecule has 2 nitrogen and oxygen atoms in total. The van der Waals surface area contributed by atoms with E-state index in [1.54, 1.807) is 14.2 Å². The standard InChI is InChI=1S/C28H27O2P/c1-19-11-9-15-23(29-3)27(19)21-13-5-7-17-25(21)31-26-18-8-6-14-22(26)28-20(2)12-10-16-24(28)30-4/h5-18,31H,1-4H3. The number of hydrogen-bond donors (Lipinski definition) is 0. The van der Waals surface area contributed by atoms with Gasteiger partial charge in [0.25, 0.3) is 0 Å². The van der Waals surface area contributed by atoms with Gasteiger partial charge >= 0.3 is 0 Å². The fourth-order valence-electron chi connectivity index (χ4n) is 4.08. The van der Waals surface area contributed by atoms with E-state index in [2.05, 4.69) is 74.5 Å². The van der Waals surface area contributed by atoms with Crippen molar-refractivity contribution >= 4 is 19.2 Å². The van der Waals surface area contributed by atoms with E-state index in [0.29, 0.717) is 8.58 Å². The summed E-state index contributed by atoms with van der Waals surface area (Å²) in [6.45, 7) is 4.29. The molecule has 0 saturated heterocycles. The molecule has 0 aliphatic rings. The van der Waals surface area contributed by atoms with Crippen molar-refractivity contribution < 1.29 is 9.47 Å². The van der Waals surface area contributed by atoms with Crippen molar-refractivity contribution in [2.75, 3.05) is 14.2 Å². The highest BCUT2D eigenvalue weighted by atomic mass is 31.1. The summed E-state index contributed by atoms with van der Waals surface area (Å²) in [6.07, 6.45) is 0. The summed E-state index contributed by atoms with van der Waals surface area (Å²) >= 11 is 0. The van der Waals surface area contributed by atoms with E-state index in [-0.39, 0.29) is 0 Å². The number of benzene rings is 4. The van der Waals surface area contributed by atoms with Crippen LogP contribution in [0.4, 0.5) is 0 Å². The number of aryl methyl sites for hydroxylation is 2. The summed E-state index contributed by atoms with van der Waals surface area (Å²) in [6, 6.07) is 29.7. The zero-order valence-corrected chi connectivity index (χ0v) is 19.4. The molecule has 4 aromatic rings. The lowest BCUT2D eigenvalue weighted by Gasteiger charge is -2.18. The molecule has 0 spiro atoms. The SMILES string of the molecule is COc1cccc(C)c1-c1ccccc1Pc1ccccc1-c1c(C)cccc1OC. The minimum absolute atomic E-state index is 0.503. The lowest BCUT2D eigenvalue weighted by Crippen LogP contribution is -2.10. The van der Waals surface area contributed by atoms with E-state index in [1.165, 1.54) is 44.0 Å². The van der Waals surface area contributed by atoms with Gasteiger partial charge in [0, 0.05) is 11.1 Å². The summed E-state index contributed by atoms with van der Waals surface area (Å²) in [5.41, 5.74) is 7.21. The molecular weight excluding hydrogens is 399 g/mol. The number of methoxy groups -OCH3 is 2. The van der Waals surface area contributed by atoms with Gasteiger partial charge in [0.05, 0.1) is 14.2 Å². The van der Waals surface area contributed by atoms with Gasteiger partial charge in [-0.05, 0) is 58.8 Å². The van der Waals surface area contributed by atoms with Gasteiger partial charge in [-0.2, -0.15) is 0 Å². The first kappa shape index (κ1) is 21.2. The zero-order chi connectivity index (χ0) is 21.8. The van der Waals surface area contributed by atoms with Crippen LogP contribution in [0.3, 0.4) is 0 Å². The number of rotatable bonds is 6. The van der Waals surface area contributed by atoms with Crippen molar-refractivity contribution in [3.05, 3.63) is 96.1 Å². The smallest absolute Gasteiger partial charge is 0.126 e. The Balaban J connectivity index is 1.85. The topological polar surface area (TPSA) is 18.5 Å². The van der Waals surface area contributed by atoms with Gasteiger partial charge in [0.2, 0.25) is 0 Å². The molecule has 4 rings (SSSR count). The summed E-state index contributed by atoms with van der Waals surface area (Å²) in [4.78, 5) is 0. The summed E-state index contributed by atoms with van der Waals surface area (Å²) in [5.74, 6) is 1.82. The Morgan fingerprint density at radius 2 is 0.935 bits per heavy atom. The Kier molecular flexibility index (Phi) is 6.39. The maximum Gasteiger partial charge on any atom is 0.126 e. The van der Waals surface area contributed by atoms with Crippen LogP contribution in [-0.2, 0) is 0 Å². The van der Waals surface area contributed by atoms with Crippen LogP contribution in [0.5, 0.6) is 11.5 Å². The third-order valence-electron chi connectivity index (χ3n) is 5.57. The van der Waals surface area contributed by atoms with Gasteiger partial charge in [-0.15, -0.1) is 0 Å². The summed E-state index contributed by atoms with van der Waals surface area (Å²) < 4.78 is 11.4. The lowest BCUT2D eigenvalue weighted by atomic mass is 9.99. The van der Waals surface area contributed by atoms with E-state index in [4.69, 9.17) is 9.47 Å². The normalized spacial score (nSPS) is 10.7. The minimum atomic E-state index is 0.503. The van der Waals surface area contributed by atoms with Crippen LogP contribution in [0.1, 0.15) is 11.1 Å². The monoisotopic (exact) mass is 426 g/mol. The average Bonchev–Trinajstić information content (AvgIpc) is 2.80. The highest BCUT2D eigenvalue weighted by molar-refractivity contribution is 7.56. The van der Waals surface area contributed by atoms with Crippen LogP contribution in [0.2, 0.25) is 0 Å². The first-order valence-corrected chi connectivity index (χ1v) is 11.4.